The fraction of sp³-hybridized carbons (Fsp3) is 0.250. The van der Waals surface area contributed by atoms with E-state index in [1.165, 1.54) is 37.6 Å². The second-order valence-corrected chi connectivity index (χ2v) is 8.57. The Labute approximate surface area is 201 Å². The smallest absolute Gasteiger partial charge is 0.257 e. The Morgan fingerprint density at radius 2 is 1.88 bits per heavy atom. The summed E-state index contributed by atoms with van der Waals surface area (Å²) in [5.41, 5.74) is 1.67. The van der Waals surface area contributed by atoms with Gasteiger partial charge in [0.05, 0.1) is 29.1 Å². The van der Waals surface area contributed by atoms with E-state index < -0.39 is 5.82 Å². The number of likely N-dealkylation sites (tertiary alicyclic amines) is 1. The summed E-state index contributed by atoms with van der Waals surface area (Å²) < 4.78 is 32.8. The van der Waals surface area contributed by atoms with Gasteiger partial charge in [-0.1, -0.05) is 23.7 Å². The molecule has 4 rings (SSSR count). The van der Waals surface area contributed by atoms with Crippen molar-refractivity contribution < 1.29 is 18.3 Å². The number of benzene rings is 2. The normalized spacial score (nSPS) is 14.3. The van der Waals surface area contributed by atoms with Crippen LogP contribution < -0.4 is 10.1 Å². The number of piperidine rings is 1. The molecule has 9 heteroatoms. The average Bonchev–Trinajstić information content (AvgIpc) is 2.83. The minimum atomic E-state index is -0.554. The quantitative estimate of drug-likeness (QED) is 0.427. The van der Waals surface area contributed by atoms with Crippen LogP contribution in [0, 0.1) is 11.6 Å². The Balaban J connectivity index is 1.55. The van der Waals surface area contributed by atoms with Crippen LogP contribution in [0.4, 0.5) is 20.2 Å². The van der Waals surface area contributed by atoms with Gasteiger partial charge in [0.1, 0.15) is 22.4 Å². The standard InChI is InChI=1S/C24H22ClF2N3O2S/c1-32-17-6-7-20(19(27)12-17)29-22-18(13-28-23(33)21(22)25)24(31)30-10-8-15(9-11-30)14-2-4-16(26)5-3-14/h2-7,12-13,15H,8-11H2,1H3,(H2,28,29,33). The van der Waals surface area contributed by atoms with Crippen LogP contribution >= 0.6 is 24.2 Å². The number of ether oxygens (including phenoxy) is 1. The van der Waals surface area contributed by atoms with Crippen LogP contribution in [0.5, 0.6) is 5.75 Å². The topological polar surface area (TPSA) is 54.5 Å². The van der Waals surface area contributed by atoms with Gasteiger partial charge >= 0.3 is 0 Å². The lowest BCUT2D eigenvalue weighted by Crippen LogP contribution is -2.38. The number of carbonyl (C=O) groups is 1. The molecule has 5 nitrogen and oxygen atoms in total. The zero-order valence-corrected chi connectivity index (χ0v) is 19.5. The number of hydrogen-bond acceptors (Lipinski definition) is 5. The van der Waals surface area contributed by atoms with Crippen molar-refractivity contribution in [3.63, 3.8) is 0 Å². The maximum Gasteiger partial charge on any atom is 0.257 e. The third-order valence-electron chi connectivity index (χ3n) is 5.79. The molecule has 0 aliphatic carbocycles. The van der Waals surface area contributed by atoms with Crippen molar-refractivity contribution in [3.05, 3.63) is 76.4 Å². The molecule has 1 N–H and O–H groups in total. The Bertz CT molecular complexity index is 1170. The van der Waals surface area contributed by atoms with E-state index in [0.717, 1.165) is 18.4 Å². The van der Waals surface area contributed by atoms with Crippen LogP contribution in [-0.2, 0) is 0 Å². The van der Waals surface area contributed by atoms with Crippen molar-refractivity contribution in [1.82, 2.24) is 9.88 Å². The summed E-state index contributed by atoms with van der Waals surface area (Å²) in [5.74, 6) is -0.457. The van der Waals surface area contributed by atoms with Crippen LogP contribution in [0.2, 0.25) is 5.02 Å². The number of amides is 1. The van der Waals surface area contributed by atoms with Gasteiger partial charge in [0.25, 0.3) is 5.91 Å². The lowest BCUT2D eigenvalue weighted by molar-refractivity contribution is 0.0713. The highest BCUT2D eigenvalue weighted by atomic mass is 35.5. The monoisotopic (exact) mass is 489 g/mol. The number of nitrogens with one attached hydrogen (secondary N) is 1. The minimum absolute atomic E-state index is 0.126. The molecule has 0 atom stereocenters. The van der Waals surface area contributed by atoms with Gasteiger partial charge in [-0.15, -0.1) is 12.6 Å². The molecule has 172 valence electrons. The first-order chi connectivity index (χ1) is 15.9. The Kier molecular flexibility index (Phi) is 7.05. The molecule has 1 aromatic heterocycles. The van der Waals surface area contributed by atoms with Crippen LogP contribution in [0.15, 0.2) is 53.7 Å². The molecule has 3 aromatic rings. The summed E-state index contributed by atoms with van der Waals surface area (Å²) >= 11 is 10.7. The Morgan fingerprint density at radius 3 is 2.52 bits per heavy atom. The van der Waals surface area contributed by atoms with E-state index >= 15 is 0 Å². The van der Waals surface area contributed by atoms with Crippen molar-refractivity contribution in [2.45, 2.75) is 23.8 Å². The van der Waals surface area contributed by atoms with Crippen LogP contribution in [0.1, 0.15) is 34.7 Å². The van der Waals surface area contributed by atoms with E-state index in [9.17, 15) is 13.6 Å². The molecule has 2 aromatic carbocycles. The van der Waals surface area contributed by atoms with E-state index in [-0.39, 0.29) is 44.6 Å². The number of thiol groups is 1. The SMILES string of the molecule is COc1ccc(Nc2c(C(=O)N3CCC(c4ccc(F)cc4)CC3)cnc(S)c2Cl)c(F)c1. The largest absolute Gasteiger partial charge is 0.497 e. The first-order valence-corrected chi connectivity index (χ1v) is 11.2. The summed E-state index contributed by atoms with van der Waals surface area (Å²) in [5, 5.41) is 3.27. The number of halogens is 3. The van der Waals surface area contributed by atoms with Crippen molar-refractivity contribution in [1.29, 1.82) is 0 Å². The number of methoxy groups -OCH3 is 1. The maximum absolute atomic E-state index is 14.5. The van der Waals surface area contributed by atoms with Gasteiger partial charge in [-0.05, 0) is 48.6 Å². The molecule has 1 amide bonds. The van der Waals surface area contributed by atoms with Crippen LogP contribution in [0.25, 0.3) is 0 Å². The van der Waals surface area contributed by atoms with Crippen LogP contribution in [-0.4, -0.2) is 36.0 Å². The third-order valence-corrected chi connectivity index (χ3v) is 6.63. The highest BCUT2D eigenvalue weighted by Gasteiger charge is 2.28. The lowest BCUT2D eigenvalue weighted by atomic mass is 9.89. The third kappa shape index (κ3) is 5.07. The van der Waals surface area contributed by atoms with E-state index in [4.69, 9.17) is 16.3 Å². The second-order valence-electron chi connectivity index (χ2n) is 7.77. The highest BCUT2D eigenvalue weighted by Crippen LogP contribution is 2.36. The fourth-order valence-electron chi connectivity index (χ4n) is 3.94. The van der Waals surface area contributed by atoms with Gasteiger partial charge in [0, 0.05) is 25.4 Å². The molecule has 0 bridgehead atoms. The molecule has 0 saturated carbocycles. The van der Waals surface area contributed by atoms with Crippen molar-refractivity contribution >= 4 is 41.5 Å². The number of pyridine rings is 1. The first kappa shape index (κ1) is 23.3. The predicted molar refractivity (Wildman–Crippen MR) is 127 cm³/mol. The molecule has 1 aliphatic heterocycles. The van der Waals surface area contributed by atoms with E-state index in [1.54, 1.807) is 23.1 Å². The minimum Gasteiger partial charge on any atom is -0.497 e. The molecular formula is C24H22ClF2N3O2S. The molecule has 0 radical (unpaired) electrons. The van der Waals surface area contributed by atoms with Gasteiger partial charge in [-0.2, -0.15) is 0 Å². The van der Waals surface area contributed by atoms with Crippen molar-refractivity contribution in [2.75, 3.05) is 25.5 Å². The Morgan fingerprint density at radius 1 is 1.18 bits per heavy atom. The summed E-state index contributed by atoms with van der Waals surface area (Å²) in [6.07, 6.45) is 2.89. The number of rotatable bonds is 5. The van der Waals surface area contributed by atoms with Gasteiger partial charge in [0.15, 0.2) is 0 Å². The molecule has 0 unspecified atom stereocenters. The van der Waals surface area contributed by atoms with Gasteiger partial charge in [-0.3, -0.25) is 4.79 Å². The maximum atomic E-state index is 14.5. The molecular weight excluding hydrogens is 468 g/mol. The summed E-state index contributed by atoms with van der Waals surface area (Å²) in [7, 11) is 1.45. The fourth-order valence-corrected chi connectivity index (χ4v) is 4.31. The summed E-state index contributed by atoms with van der Waals surface area (Å²) in [6, 6.07) is 10.8. The zero-order valence-electron chi connectivity index (χ0n) is 17.8. The predicted octanol–water partition coefficient (Wildman–Crippen LogP) is 6.07. The summed E-state index contributed by atoms with van der Waals surface area (Å²) in [6.45, 7) is 1.05. The van der Waals surface area contributed by atoms with Gasteiger partial charge in [0.2, 0.25) is 0 Å². The summed E-state index contributed by atoms with van der Waals surface area (Å²) in [4.78, 5) is 19.2. The molecule has 33 heavy (non-hydrogen) atoms. The lowest BCUT2D eigenvalue weighted by Gasteiger charge is -2.32. The molecule has 1 aliphatic rings. The van der Waals surface area contributed by atoms with Gasteiger partial charge in [-0.25, -0.2) is 13.8 Å². The van der Waals surface area contributed by atoms with Gasteiger partial charge < -0.3 is 15.0 Å². The second kappa shape index (κ2) is 9.97. The van der Waals surface area contributed by atoms with E-state index in [1.807, 2.05) is 0 Å². The molecule has 1 saturated heterocycles. The molecule has 1 fully saturated rings. The van der Waals surface area contributed by atoms with E-state index in [0.29, 0.717) is 18.8 Å². The van der Waals surface area contributed by atoms with Crippen molar-refractivity contribution in [3.8, 4) is 5.75 Å². The number of nitrogens with zero attached hydrogens (tertiary/aromatic N) is 2. The first-order valence-electron chi connectivity index (χ1n) is 10.4. The van der Waals surface area contributed by atoms with Crippen LogP contribution in [0.3, 0.4) is 0 Å². The number of aromatic nitrogens is 1. The molecule has 2 heterocycles. The van der Waals surface area contributed by atoms with Crippen molar-refractivity contribution in [2.24, 2.45) is 0 Å². The highest BCUT2D eigenvalue weighted by molar-refractivity contribution is 7.80. The average molecular weight is 490 g/mol. The number of anilines is 2. The van der Waals surface area contributed by atoms with E-state index in [2.05, 4.69) is 22.9 Å². The molecule has 0 spiro atoms. The number of carbonyl (C=O) groups excluding carboxylic acids is 1. The Hall–Kier alpha value is -2.84. The zero-order chi connectivity index (χ0) is 23.5. The number of hydrogen-bond donors (Lipinski definition) is 2.